The van der Waals surface area contributed by atoms with Crippen LogP contribution < -0.4 is 0 Å². The highest BCUT2D eigenvalue weighted by atomic mass is 16.6. The molecule has 0 fully saturated rings. The summed E-state index contributed by atoms with van der Waals surface area (Å²) in [7, 11) is 0. The van der Waals surface area contributed by atoms with Crippen LogP contribution in [0.5, 0.6) is 0 Å². The number of hydrogen-bond acceptors (Lipinski definition) is 6. The van der Waals surface area contributed by atoms with Gasteiger partial charge in [0.25, 0.3) is 0 Å². The second kappa shape index (κ2) is 7.62. The first-order valence-corrected chi connectivity index (χ1v) is 5.45. The van der Waals surface area contributed by atoms with Gasteiger partial charge in [0.1, 0.15) is 6.23 Å². The van der Waals surface area contributed by atoms with Crippen molar-refractivity contribution in [3.05, 3.63) is 25.3 Å². The van der Waals surface area contributed by atoms with E-state index in [1.807, 2.05) is 0 Å². The van der Waals surface area contributed by atoms with E-state index in [4.69, 9.17) is 9.47 Å². The van der Waals surface area contributed by atoms with Crippen LogP contribution in [-0.2, 0) is 19.1 Å². The maximum atomic E-state index is 11.1. The Labute approximate surface area is 106 Å². The van der Waals surface area contributed by atoms with E-state index >= 15 is 0 Å². The van der Waals surface area contributed by atoms with Gasteiger partial charge in [-0.15, -0.1) is 0 Å². The van der Waals surface area contributed by atoms with Crippen LogP contribution in [0, 0.1) is 0 Å². The summed E-state index contributed by atoms with van der Waals surface area (Å²) in [5, 5.41) is 9.62. The van der Waals surface area contributed by atoms with Crippen molar-refractivity contribution in [2.75, 3.05) is 0 Å². The summed E-state index contributed by atoms with van der Waals surface area (Å²) in [4.78, 5) is 23.5. The van der Waals surface area contributed by atoms with E-state index in [-0.39, 0.29) is 0 Å². The lowest BCUT2D eigenvalue weighted by molar-refractivity contribution is -0.198. The van der Waals surface area contributed by atoms with Gasteiger partial charge in [-0.05, 0) is 20.8 Å². The Kier molecular flexibility index (Phi) is 6.92. The van der Waals surface area contributed by atoms with Gasteiger partial charge in [-0.25, -0.2) is 14.5 Å². The Balaban J connectivity index is 4.72. The summed E-state index contributed by atoms with van der Waals surface area (Å²) in [6.45, 7) is 11.1. The van der Waals surface area contributed by atoms with Gasteiger partial charge in [0.05, 0.1) is 0 Å². The number of carbonyl (C=O) groups excluding carboxylic acids is 2. The van der Waals surface area contributed by atoms with Gasteiger partial charge in [-0.1, -0.05) is 13.2 Å². The zero-order valence-electron chi connectivity index (χ0n) is 10.8. The molecule has 6 nitrogen and oxygen atoms in total. The number of esters is 2. The van der Waals surface area contributed by atoms with E-state index in [0.717, 1.165) is 12.2 Å². The van der Waals surface area contributed by atoms with E-state index < -0.39 is 30.6 Å². The van der Waals surface area contributed by atoms with Crippen LogP contribution >= 0.6 is 0 Å². The third-order valence-electron chi connectivity index (χ3n) is 2.18. The molecule has 0 bridgehead atoms. The highest BCUT2D eigenvalue weighted by molar-refractivity contribution is 5.81. The molecular weight excluding hydrogens is 238 g/mol. The highest BCUT2D eigenvalue weighted by Crippen LogP contribution is 2.12. The molecule has 0 aliphatic heterocycles. The average Bonchev–Trinajstić information content (AvgIpc) is 2.27. The number of aliphatic hydroxyl groups is 1. The predicted molar refractivity (Wildman–Crippen MR) is 65.0 cm³/mol. The second-order valence-electron chi connectivity index (χ2n) is 3.56. The Hall–Kier alpha value is -1.66. The van der Waals surface area contributed by atoms with Crippen molar-refractivity contribution in [1.82, 2.24) is 4.90 Å². The van der Waals surface area contributed by atoms with Crippen molar-refractivity contribution in [1.29, 1.82) is 0 Å². The Morgan fingerprint density at radius 1 is 1.06 bits per heavy atom. The van der Waals surface area contributed by atoms with E-state index in [0.29, 0.717) is 0 Å². The summed E-state index contributed by atoms with van der Waals surface area (Å²) < 4.78 is 9.90. The SMILES string of the molecule is C=CC(=O)OC(C)N(C(C)O)C(C)OC(=O)C=C. The number of ether oxygens (including phenoxy) is 2. The normalized spacial score (nSPS) is 15.4. The van der Waals surface area contributed by atoms with Crippen molar-refractivity contribution in [2.24, 2.45) is 0 Å². The quantitative estimate of drug-likeness (QED) is 0.412. The molecule has 0 aromatic carbocycles. The summed E-state index contributed by atoms with van der Waals surface area (Å²) in [6, 6.07) is 0. The van der Waals surface area contributed by atoms with E-state index in [9.17, 15) is 14.7 Å². The lowest BCUT2D eigenvalue weighted by Gasteiger charge is -2.34. The monoisotopic (exact) mass is 257 g/mol. The van der Waals surface area contributed by atoms with Crippen LogP contribution in [0.3, 0.4) is 0 Å². The molecule has 3 unspecified atom stereocenters. The van der Waals surface area contributed by atoms with Gasteiger partial charge in [0.15, 0.2) is 12.5 Å². The van der Waals surface area contributed by atoms with Crippen molar-refractivity contribution in [2.45, 2.75) is 39.5 Å². The molecule has 0 rings (SSSR count). The molecule has 0 aliphatic carbocycles. The first-order valence-electron chi connectivity index (χ1n) is 5.45. The van der Waals surface area contributed by atoms with Crippen LogP contribution in [0.25, 0.3) is 0 Å². The number of aliphatic hydroxyl groups excluding tert-OH is 1. The van der Waals surface area contributed by atoms with Gasteiger partial charge in [0, 0.05) is 12.2 Å². The van der Waals surface area contributed by atoms with Gasteiger partial charge in [0.2, 0.25) is 0 Å². The standard InChI is InChI=1S/C12H19NO5/c1-6-11(15)17-9(4)13(8(3)14)10(5)18-12(16)7-2/h6-10,14H,1-2H2,3-5H3. The van der Waals surface area contributed by atoms with Crippen LogP contribution in [0.4, 0.5) is 0 Å². The van der Waals surface area contributed by atoms with E-state index in [2.05, 4.69) is 13.2 Å². The van der Waals surface area contributed by atoms with Gasteiger partial charge < -0.3 is 14.6 Å². The fourth-order valence-electron chi connectivity index (χ4n) is 1.46. The fourth-order valence-corrected chi connectivity index (χ4v) is 1.46. The lowest BCUT2D eigenvalue weighted by atomic mass is 10.4. The molecule has 1 N–H and O–H groups in total. The third kappa shape index (κ3) is 5.11. The molecule has 3 atom stereocenters. The van der Waals surface area contributed by atoms with Gasteiger partial charge in [-0.3, -0.25) is 0 Å². The molecular formula is C12H19NO5. The first kappa shape index (κ1) is 16.3. The molecule has 0 heterocycles. The average molecular weight is 257 g/mol. The molecule has 0 radical (unpaired) electrons. The predicted octanol–water partition coefficient (Wildman–Crippen LogP) is 0.777. The highest BCUT2D eigenvalue weighted by Gasteiger charge is 2.28. The topological polar surface area (TPSA) is 76.1 Å². The lowest BCUT2D eigenvalue weighted by Crippen LogP contribution is -2.49. The number of hydrogen-bond donors (Lipinski definition) is 1. The molecule has 18 heavy (non-hydrogen) atoms. The molecule has 0 saturated heterocycles. The number of carbonyl (C=O) groups is 2. The first-order chi connectivity index (χ1) is 8.33. The minimum absolute atomic E-state index is 0.629. The van der Waals surface area contributed by atoms with E-state index in [1.165, 1.54) is 11.8 Å². The van der Waals surface area contributed by atoms with Gasteiger partial charge in [-0.2, -0.15) is 0 Å². The summed E-state index contributed by atoms with van der Waals surface area (Å²) in [5.74, 6) is -1.26. The smallest absolute Gasteiger partial charge is 0.331 e. The maximum Gasteiger partial charge on any atom is 0.331 e. The minimum Gasteiger partial charge on any atom is -0.443 e. The molecule has 0 aromatic rings. The number of nitrogens with zero attached hydrogens (tertiary/aromatic N) is 1. The zero-order valence-corrected chi connectivity index (χ0v) is 10.8. The van der Waals surface area contributed by atoms with Crippen LogP contribution in [0.15, 0.2) is 25.3 Å². The van der Waals surface area contributed by atoms with Crippen molar-refractivity contribution >= 4 is 11.9 Å². The molecule has 0 amide bonds. The summed E-state index contributed by atoms with van der Waals surface area (Å²) >= 11 is 0. The van der Waals surface area contributed by atoms with Crippen LogP contribution in [0.1, 0.15) is 20.8 Å². The van der Waals surface area contributed by atoms with Crippen molar-refractivity contribution in [3.8, 4) is 0 Å². The second-order valence-corrected chi connectivity index (χ2v) is 3.56. The van der Waals surface area contributed by atoms with Crippen molar-refractivity contribution < 1.29 is 24.2 Å². The Bertz CT molecular complexity index is 298. The molecule has 0 aliphatic rings. The molecule has 0 saturated carbocycles. The summed E-state index contributed by atoms with van der Waals surface area (Å²) in [6.07, 6.45) is -0.495. The Morgan fingerprint density at radius 3 is 1.61 bits per heavy atom. The van der Waals surface area contributed by atoms with Crippen LogP contribution in [0.2, 0.25) is 0 Å². The van der Waals surface area contributed by atoms with Crippen LogP contribution in [-0.4, -0.2) is 40.6 Å². The maximum absolute atomic E-state index is 11.1. The number of rotatable bonds is 7. The Morgan fingerprint density at radius 2 is 1.39 bits per heavy atom. The molecule has 6 heteroatoms. The van der Waals surface area contributed by atoms with E-state index in [1.54, 1.807) is 13.8 Å². The molecule has 0 spiro atoms. The van der Waals surface area contributed by atoms with Gasteiger partial charge >= 0.3 is 11.9 Å². The molecule has 102 valence electrons. The van der Waals surface area contributed by atoms with Crippen molar-refractivity contribution in [3.63, 3.8) is 0 Å². The molecule has 0 aromatic heterocycles. The minimum atomic E-state index is -0.967. The third-order valence-corrected chi connectivity index (χ3v) is 2.18. The zero-order chi connectivity index (χ0) is 14.3. The summed E-state index contributed by atoms with van der Waals surface area (Å²) in [5.41, 5.74) is 0. The largest absolute Gasteiger partial charge is 0.443 e. The fraction of sp³-hybridized carbons (Fsp3) is 0.500.